The molecule has 0 saturated carbocycles. The maximum Gasteiger partial charge on any atom is 0.263 e. The number of hydrogen-bond donors (Lipinski definition) is 2. The monoisotopic (exact) mass is 256 g/mol. The predicted octanol–water partition coefficient (Wildman–Crippen LogP) is 1.98. The highest BCUT2D eigenvalue weighted by Gasteiger charge is 2.17. The van der Waals surface area contributed by atoms with Crippen LogP contribution in [0, 0.1) is 12.3 Å². The molecule has 0 aliphatic heterocycles. The number of aliphatic hydroxyl groups excluding tert-OH is 1. The molecule has 0 aromatic carbocycles. The van der Waals surface area contributed by atoms with E-state index in [1.165, 1.54) is 11.3 Å². The molecule has 0 radical (unpaired) electrons. The first-order chi connectivity index (χ1) is 7.78. The van der Waals surface area contributed by atoms with Crippen molar-refractivity contribution in [3.8, 4) is 0 Å². The molecule has 1 rings (SSSR count). The summed E-state index contributed by atoms with van der Waals surface area (Å²) in [6.45, 7) is 8.32. The normalized spacial score (nSPS) is 13.5. The van der Waals surface area contributed by atoms with E-state index in [-0.39, 0.29) is 17.9 Å². The van der Waals surface area contributed by atoms with E-state index in [1.807, 2.05) is 6.92 Å². The molecule has 0 spiro atoms. The molecule has 0 fully saturated rings. The number of carbonyl (C=O) groups is 1. The molecule has 17 heavy (non-hydrogen) atoms. The average Bonchev–Trinajstić information content (AvgIpc) is 2.58. The Morgan fingerprint density at radius 1 is 1.59 bits per heavy atom. The van der Waals surface area contributed by atoms with Crippen LogP contribution < -0.4 is 5.32 Å². The van der Waals surface area contributed by atoms with Crippen LogP contribution in [0.5, 0.6) is 0 Å². The van der Waals surface area contributed by atoms with Gasteiger partial charge in [0.15, 0.2) is 0 Å². The van der Waals surface area contributed by atoms with Gasteiger partial charge in [0.05, 0.1) is 17.3 Å². The zero-order valence-electron chi connectivity index (χ0n) is 10.8. The molecule has 1 amide bonds. The molecule has 1 aromatic heterocycles. The number of thiazole rings is 1. The van der Waals surface area contributed by atoms with Crippen molar-refractivity contribution in [2.24, 2.45) is 5.41 Å². The minimum Gasteiger partial charge on any atom is -0.391 e. The van der Waals surface area contributed by atoms with Gasteiger partial charge in [0.1, 0.15) is 4.88 Å². The second kappa shape index (κ2) is 5.60. The van der Waals surface area contributed by atoms with Crippen LogP contribution in [0.4, 0.5) is 0 Å². The number of nitrogens with zero attached hydrogens (tertiary/aromatic N) is 1. The Labute approximate surface area is 106 Å². The highest BCUT2D eigenvalue weighted by molar-refractivity contribution is 7.13. The molecule has 0 aliphatic carbocycles. The van der Waals surface area contributed by atoms with Crippen molar-refractivity contribution in [3.05, 3.63) is 16.1 Å². The summed E-state index contributed by atoms with van der Waals surface area (Å²) in [5, 5.41) is 13.3. The zero-order chi connectivity index (χ0) is 13.1. The molecule has 0 bridgehead atoms. The Morgan fingerprint density at radius 3 is 2.71 bits per heavy atom. The van der Waals surface area contributed by atoms with E-state index >= 15 is 0 Å². The highest BCUT2D eigenvalue weighted by atomic mass is 32.1. The SMILES string of the molecule is Cc1ncc(C(=O)NCC(O)CC(C)(C)C)s1. The molecule has 5 heteroatoms. The van der Waals surface area contributed by atoms with Gasteiger partial charge in [0, 0.05) is 6.54 Å². The second-order valence-electron chi connectivity index (χ2n) is 5.37. The lowest BCUT2D eigenvalue weighted by Gasteiger charge is -2.22. The second-order valence-corrected chi connectivity index (χ2v) is 6.61. The number of rotatable bonds is 4. The van der Waals surface area contributed by atoms with Crippen molar-refractivity contribution in [1.82, 2.24) is 10.3 Å². The summed E-state index contributed by atoms with van der Waals surface area (Å²) in [7, 11) is 0. The summed E-state index contributed by atoms with van der Waals surface area (Å²) in [6, 6.07) is 0. The molecule has 0 aliphatic rings. The van der Waals surface area contributed by atoms with Gasteiger partial charge in [-0.1, -0.05) is 20.8 Å². The molecule has 1 heterocycles. The maximum absolute atomic E-state index is 11.7. The minimum absolute atomic E-state index is 0.0607. The largest absolute Gasteiger partial charge is 0.391 e. The Hall–Kier alpha value is -0.940. The fourth-order valence-corrected chi connectivity index (χ4v) is 2.24. The van der Waals surface area contributed by atoms with Crippen LogP contribution in [0.3, 0.4) is 0 Å². The smallest absolute Gasteiger partial charge is 0.263 e. The Kier molecular flexibility index (Phi) is 4.65. The third-order valence-electron chi connectivity index (χ3n) is 2.19. The molecule has 2 N–H and O–H groups in total. The summed E-state index contributed by atoms with van der Waals surface area (Å²) in [5.41, 5.74) is 0.0607. The summed E-state index contributed by atoms with van der Waals surface area (Å²) in [6.07, 6.45) is 1.72. The Bertz CT molecular complexity index is 382. The van der Waals surface area contributed by atoms with Gasteiger partial charge in [-0.3, -0.25) is 4.79 Å². The third-order valence-corrected chi connectivity index (χ3v) is 3.10. The van der Waals surface area contributed by atoms with Crippen LogP contribution in [-0.4, -0.2) is 28.6 Å². The van der Waals surface area contributed by atoms with Gasteiger partial charge < -0.3 is 10.4 Å². The average molecular weight is 256 g/mol. The summed E-state index contributed by atoms with van der Waals surface area (Å²) in [5.74, 6) is -0.163. The van der Waals surface area contributed by atoms with Crippen molar-refractivity contribution in [2.75, 3.05) is 6.54 Å². The van der Waals surface area contributed by atoms with Crippen LogP contribution in [0.15, 0.2) is 6.20 Å². The van der Waals surface area contributed by atoms with E-state index in [2.05, 4.69) is 31.1 Å². The van der Waals surface area contributed by atoms with Gasteiger partial charge in [-0.05, 0) is 18.8 Å². The third kappa shape index (κ3) is 5.28. The van der Waals surface area contributed by atoms with Crippen molar-refractivity contribution >= 4 is 17.2 Å². The number of hydrogen-bond acceptors (Lipinski definition) is 4. The number of nitrogens with one attached hydrogen (secondary N) is 1. The summed E-state index contributed by atoms with van der Waals surface area (Å²) in [4.78, 5) is 16.3. The van der Waals surface area contributed by atoms with Crippen molar-refractivity contribution in [3.63, 3.8) is 0 Å². The molecule has 1 atom stereocenters. The molecular formula is C12H20N2O2S. The molecule has 0 saturated heterocycles. The quantitative estimate of drug-likeness (QED) is 0.866. The topological polar surface area (TPSA) is 62.2 Å². The first-order valence-electron chi connectivity index (χ1n) is 5.66. The van der Waals surface area contributed by atoms with Crippen LogP contribution in [0.25, 0.3) is 0 Å². The van der Waals surface area contributed by atoms with Crippen LogP contribution in [0.1, 0.15) is 41.9 Å². The van der Waals surface area contributed by atoms with Crippen molar-refractivity contribution in [2.45, 2.75) is 40.2 Å². The summed E-state index contributed by atoms with van der Waals surface area (Å²) >= 11 is 1.36. The van der Waals surface area contributed by atoms with E-state index in [0.717, 1.165) is 5.01 Å². The highest BCUT2D eigenvalue weighted by Crippen LogP contribution is 2.20. The molecule has 1 unspecified atom stereocenters. The fraction of sp³-hybridized carbons (Fsp3) is 0.667. The lowest BCUT2D eigenvalue weighted by atomic mass is 9.89. The van der Waals surface area contributed by atoms with Gasteiger partial charge in [-0.15, -0.1) is 11.3 Å². The Morgan fingerprint density at radius 2 is 2.24 bits per heavy atom. The van der Waals surface area contributed by atoms with Crippen molar-refractivity contribution in [1.29, 1.82) is 0 Å². The number of carbonyl (C=O) groups excluding carboxylic acids is 1. The number of amides is 1. The number of aliphatic hydroxyl groups is 1. The summed E-state index contributed by atoms with van der Waals surface area (Å²) < 4.78 is 0. The predicted molar refractivity (Wildman–Crippen MR) is 69.3 cm³/mol. The number of aromatic nitrogens is 1. The van der Waals surface area contributed by atoms with E-state index in [1.54, 1.807) is 6.20 Å². The van der Waals surface area contributed by atoms with Gasteiger partial charge >= 0.3 is 0 Å². The zero-order valence-corrected chi connectivity index (χ0v) is 11.6. The first-order valence-corrected chi connectivity index (χ1v) is 6.48. The van der Waals surface area contributed by atoms with E-state index in [9.17, 15) is 9.90 Å². The lowest BCUT2D eigenvalue weighted by Crippen LogP contribution is -2.33. The van der Waals surface area contributed by atoms with Crippen LogP contribution >= 0.6 is 11.3 Å². The Balaban J connectivity index is 2.38. The van der Waals surface area contributed by atoms with E-state index in [4.69, 9.17) is 0 Å². The van der Waals surface area contributed by atoms with Crippen LogP contribution in [-0.2, 0) is 0 Å². The standard InChI is InChI=1S/C12H20N2O2S/c1-8-13-7-10(17-8)11(16)14-6-9(15)5-12(2,3)4/h7,9,15H,5-6H2,1-4H3,(H,14,16). The fourth-order valence-electron chi connectivity index (χ4n) is 1.54. The minimum atomic E-state index is -0.507. The number of aryl methyl sites for hydroxylation is 1. The van der Waals surface area contributed by atoms with E-state index < -0.39 is 6.10 Å². The molecule has 4 nitrogen and oxygen atoms in total. The van der Waals surface area contributed by atoms with Gasteiger partial charge in [0.25, 0.3) is 5.91 Å². The van der Waals surface area contributed by atoms with Gasteiger partial charge in [-0.25, -0.2) is 4.98 Å². The first kappa shape index (κ1) is 14.1. The lowest BCUT2D eigenvalue weighted by molar-refractivity contribution is 0.0872. The van der Waals surface area contributed by atoms with Gasteiger partial charge in [0.2, 0.25) is 0 Å². The van der Waals surface area contributed by atoms with Crippen LogP contribution in [0.2, 0.25) is 0 Å². The van der Waals surface area contributed by atoms with E-state index in [0.29, 0.717) is 11.3 Å². The molecule has 96 valence electrons. The molecular weight excluding hydrogens is 236 g/mol. The van der Waals surface area contributed by atoms with Gasteiger partial charge in [-0.2, -0.15) is 0 Å². The van der Waals surface area contributed by atoms with Crippen molar-refractivity contribution < 1.29 is 9.90 Å². The molecule has 1 aromatic rings. The maximum atomic E-state index is 11.7.